The summed E-state index contributed by atoms with van der Waals surface area (Å²) in [7, 11) is 0. The quantitative estimate of drug-likeness (QED) is 0.289. The monoisotopic (exact) mass is 320 g/mol. The molecule has 1 radical (unpaired) electrons. The molecule has 0 saturated carbocycles. The summed E-state index contributed by atoms with van der Waals surface area (Å²) in [5, 5.41) is 17.0. The van der Waals surface area contributed by atoms with Crippen LogP contribution in [-0.2, 0) is 47.0 Å². The van der Waals surface area contributed by atoms with Crippen LogP contribution in [-0.4, -0.2) is 54.0 Å². The summed E-state index contributed by atoms with van der Waals surface area (Å²) in [5.41, 5.74) is 0.449. The second-order valence-electron chi connectivity index (χ2n) is 2.71. The summed E-state index contributed by atoms with van der Waals surface area (Å²) in [5.74, 6) is -0.511. The number of carbonyl (C=O) groups excluding carboxylic acids is 2. The predicted molar refractivity (Wildman–Crippen MR) is 57.7 cm³/mol. The number of esters is 1. The van der Waals surface area contributed by atoms with E-state index in [1.807, 2.05) is 0 Å². The Hall–Kier alpha value is -0.136. The van der Waals surface area contributed by atoms with E-state index in [1.54, 1.807) is 13.2 Å². The molecule has 97 valence electrons. The molecular weight excluding hydrogens is 303 g/mol. The zero-order chi connectivity index (χ0) is 13.0. The van der Waals surface area contributed by atoms with Crippen molar-refractivity contribution in [1.29, 1.82) is 0 Å². The Labute approximate surface area is 127 Å². The van der Waals surface area contributed by atoms with Gasteiger partial charge in [0.15, 0.2) is 0 Å². The molecule has 0 amide bonds. The minimum absolute atomic E-state index is 0. The molecule has 0 aromatic carbocycles. The van der Waals surface area contributed by atoms with Crippen molar-refractivity contribution in [3.05, 3.63) is 19.1 Å². The molecule has 2 N–H and O–H groups in total. The largest absolute Gasteiger partial charge is 0.498 e. The Kier molecular flexibility index (Phi) is 20.6. The van der Waals surface area contributed by atoms with E-state index in [0.29, 0.717) is 5.57 Å². The van der Waals surface area contributed by atoms with Crippen LogP contribution in [0.5, 0.6) is 0 Å². The van der Waals surface area contributed by atoms with Crippen LogP contribution in [0, 0.1) is 6.92 Å². The molecule has 0 fully saturated rings. The summed E-state index contributed by atoms with van der Waals surface area (Å²) < 4.78 is 4.46. The third-order valence-corrected chi connectivity index (χ3v) is 1.19. The van der Waals surface area contributed by atoms with E-state index >= 15 is 0 Å². The standard InChI is InChI=1S/C6H12NO4.C4H5O.Y/c1-2-11-6(10)3-7(4-8)5-9;1-4(2)3-5;/h8-9H,1-5H2;1H2,2H3;/q2*-1;. The van der Waals surface area contributed by atoms with Gasteiger partial charge in [-0.15, -0.1) is 0 Å². The van der Waals surface area contributed by atoms with Crippen LogP contribution in [0.3, 0.4) is 0 Å². The molecular formula is C10H17NO5Y-2. The Morgan fingerprint density at radius 1 is 1.47 bits per heavy atom. The smallest absolute Gasteiger partial charge is 0.317 e. The molecule has 0 aromatic rings. The van der Waals surface area contributed by atoms with Gasteiger partial charge in [-0.05, 0) is 12.9 Å². The van der Waals surface area contributed by atoms with Gasteiger partial charge in [-0.1, -0.05) is 6.92 Å². The fourth-order valence-electron chi connectivity index (χ4n) is 0.487. The predicted octanol–water partition coefficient (Wildman–Crippen LogP) is -0.765. The Morgan fingerprint density at radius 2 is 1.88 bits per heavy atom. The van der Waals surface area contributed by atoms with Gasteiger partial charge < -0.3 is 26.7 Å². The molecule has 0 rings (SSSR count). The van der Waals surface area contributed by atoms with Crippen LogP contribution in [0.1, 0.15) is 6.92 Å². The first kappa shape index (κ1) is 22.1. The van der Waals surface area contributed by atoms with Crippen molar-refractivity contribution >= 4 is 12.3 Å². The van der Waals surface area contributed by atoms with E-state index in [9.17, 15) is 9.59 Å². The van der Waals surface area contributed by atoms with Crippen molar-refractivity contribution < 1.29 is 57.2 Å². The summed E-state index contributed by atoms with van der Waals surface area (Å²) in [6.07, 6.45) is 1.58. The van der Waals surface area contributed by atoms with E-state index in [1.165, 1.54) is 0 Å². The van der Waals surface area contributed by atoms with Gasteiger partial charge in [0.2, 0.25) is 0 Å². The Balaban J connectivity index is -0.000000280. The molecule has 7 heteroatoms. The topological polar surface area (TPSA) is 87.1 Å². The van der Waals surface area contributed by atoms with Crippen molar-refractivity contribution in [2.45, 2.75) is 6.92 Å². The van der Waals surface area contributed by atoms with Gasteiger partial charge in [0, 0.05) is 32.7 Å². The van der Waals surface area contributed by atoms with Crippen molar-refractivity contribution in [2.24, 2.45) is 0 Å². The second kappa shape index (κ2) is 15.9. The van der Waals surface area contributed by atoms with E-state index in [4.69, 9.17) is 10.2 Å². The van der Waals surface area contributed by atoms with Crippen LogP contribution < -0.4 is 0 Å². The first-order valence-electron chi connectivity index (χ1n) is 4.44. The molecule has 0 spiro atoms. The van der Waals surface area contributed by atoms with Gasteiger partial charge >= 0.3 is 5.97 Å². The maximum atomic E-state index is 10.6. The number of nitrogens with zero attached hydrogens (tertiary/aromatic N) is 1. The zero-order valence-electron chi connectivity index (χ0n) is 9.89. The van der Waals surface area contributed by atoms with Crippen molar-refractivity contribution in [2.75, 3.05) is 26.6 Å². The first-order chi connectivity index (χ1) is 7.51. The SMILES string of the molecule is C=C(C)[C-]=O.[CH2-]COC(=O)CN(CO)CO.[Y]. The third-order valence-electron chi connectivity index (χ3n) is 1.19. The summed E-state index contributed by atoms with van der Waals surface area (Å²) in [6, 6.07) is 0. The van der Waals surface area contributed by atoms with E-state index in [-0.39, 0.29) is 59.3 Å². The molecule has 6 nitrogen and oxygen atoms in total. The fraction of sp³-hybridized carbons (Fsp3) is 0.500. The second-order valence-corrected chi connectivity index (χ2v) is 2.71. The maximum absolute atomic E-state index is 10.6. The first-order valence-corrected chi connectivity index (χ1v) is 4.44. The van der Waals surface area contributed by atoms with Gasteiger partial charge in [0.1, 0.15) is 6.54 Å². The van der Waals surface area contributed by atoms with Gasteiger partial charge in [-0.25, -0.2) is 11.5 Å². The molecule has 0 aliphatic heterocycles. The van der Waals surface area contributed by atoms with E-state index in [0.717, 1.165) is 4.90 Å². The molecule has 0 aliphatic rings. The number of carbonyl (C=O) groups is 1. The van der Waals surface area contributed by atoms with Crippen molar-refractivity contribution in [3.8, 4) is 0 Å². The van der Waals surface area contributed by atoms with Crippen LogP contribution in [0.2, 0.25) is 0 Å². The van der Waals surface area contributed by atoms with Crippen molar-refractivity contribution in [3.63, 3.8) is 0 Å². The maximum Gasteiger partial charge on any atom is 0.317 e. The van der Waals surface area contributed by atoms with E-state index < -0.39 is 5.97 Å². The zero-order valence-corrected chi connectivity index (χ0v) is 12.7. The summed E-state index contributed by atoms with van der Waals surface area (Å²) in [4.78, 5) is 21.0. The molecule has 17 heavy (non-hydrogen) atoms. The summed E-state index contributed by atoms with van der Waals surface area (Å²) in [6.45, 7) is 7.34. The van der Waals surface area contributed by atoms with Gasteiger partial charge in [0.25, 0.3) is 0 Å². The molecule has 0 unspecified atom stereocenters. The molecule has 0 aromatic heterocycles. The molecule has 0 bridgehead atoms. The van der Waals surface area contributed by atoms with Crippen LogP contribution in [0.15, 0.2) is 12.2 Å². The van der Waals surface area contributed by atoms with Crippen LogP contribution in [0.4, 0.5) is 0 Å². The summed E-state index contributed by atoms with van der Waals surface area (Å²) >= 11 is 0. The number of ether oxygens (including phenoxy) is 1. The molecule has 0 aliphatic carbocycles. The van der Waals surface area contributed by atoms with Gasteiger partial charge in [-0.3, -0.25) is 4.79 Å². The average molecular weight is 320 g/mol. The number of allylic oxidation sites excluding steroid dienone is 1. The van der Waals surface area contributed by atoms with Crippen molar-refractivity contribution in [1.82, 2.24) is 4.90 Å². The number of rotatable bonds is 6. The third kappa shape index (κ3) is 18.4. The normalized spacial score (nSPS) is 8.53. The Morgan fingerprint density at radius 3 is 2.12 bits per heavy atom. The van der Waals surface area contributed by atoms with E-state index in [2.05, 4.69) is 18.2 Å². The molecule has 0 atom stereocenters. The van der Waals surface area contributed by atoms with Gasteiger partial charge in [-0.2, -0.15) is 5.57 Å². The molecule has 0 saturated heterocycles. The number of hydrogen-bond acceptors (Lipinski definition) is 6. The average Bonchev–Trinajstić information content (AvgIpc) is 2.27. The minimum atomic E-state index is -0.511. The number of hydrogen-bond donors (Lipinski definition) is 2. The van der Waals surface area contributed by atoms with Crippen LogP contribution in [0.25, 0.3) is 0 Å². The Bertz CT molecular complexity index is 219. The number of aliphatic hydroxyl groups excluding tert-OH is 2. The van der Waals surface area contributed by atoms with Gasteiger partial charge in [0.05, 0.1) is 13.5 Å². The minimum Gasteiger partial charge on any atom is -0.498 e. The van der Waals surface area contributed by atoms with Crippen LogP contribution >= 0.6 is 0 Å². The fourth-order valence-corrected chi connectivity index (χ4v) is 0.487. The molecule has 0 heterocycles. The number of aliphatic hydroxyl groups is 2.